The first kappa shape index (κ1) is 16.6. The summed E-state index contributed by atoms with van der Waals surface area (Å²) in [5, 5.41) is 13.3. The Morgan fingerprint density at radius 3 is 2.83 bits per heavy atom. The molecule has 0 spiro atoms. The van der Waals surface area contributed by atoms with Crippen molar-refractivity contribution in [1.82, 2.24) is 24.7 Å². The molecule has 0 bridgehead atoms. The zero-order chi connectivity index (χ0) is 17.0. The van der Waals surface area contributed by atoms with Crippen LogP contribution in [0.15, 0.2) is 31.0 Å². The maximum atomic E-state index is 7.62. The first-order chi connectivity index (χ1) is 11.7. The number of hydrogen-bond acceptors (Lipinski definition) is 4. The molecule has 0 radical (unpaired) electrons. The molecule has 1 saturated carbocycles. The molecule has 3 aromatic heterocycles. The van der Waals surface area contributed by atoms with Gasteiger partial charge in [0.2, 0.25) is 0 Å². The Morgan fingerprint density at radius 2 is 2.12 bits per heavy atom. The zero-order valence-electron chi connectivity index (χ0n) is 13.7. The molecule has 0 aromatic carbocycles. The molecule has 1 aliphatic rings. The second kappa shape index (κ2) is 7.11. The highest BCUT2D eigenvalue weighted by Gasteiger charge is 2.31. The minimum atomic E-state index is 0.0859. The van der Waals surface area contributed by atoms with Gasteiger partial charge >= 0.3 is 0 Å². The molecule has 3 aromatic rings. The number of nitriles is 1. The van der Waals surface area contributed by atoms with Crippen LogP contribution in [-0.4, -0.2) is 24.7 Å². The van der Waals surface area contributed by atoms with Crippen molar-refractivity contribution in [2.75, 3.05) is 0 Å². The minimum Gasteiger partial charge on any atom is -0.346 e. The molecule has 3 heterocycles. The van der Waals surface area contributed by atoms with Gasteiger partial charge in [-0.2, -0.15) is 10.4 Å². The van der Waals surface area contributed by atoms with Gasteiger partial charge in [-0.05, 0) is 18.9 Å². The zero-order valence-corrected chi connectivity index (χ0v) is 14.9. The van der Waals surface area contributed by atoms with Crippen LogP contribution in [0.3, 0.4) is 0 Å². The Morgan fingerprint density at radius 1 is 1.38 bits per heavy atom. The molecule has 24 heavy (non-hydrogen) atoms. The van der Waals surface area contributed by atoms with Gasteiger partial charge in [-0.15, -0.1) is 9.24 Å². The number of nitrogens with one attached hydrogen (secondary N) is 1. The molecule has 6 nitrogen and oxygen atoms in total. The summed E-state index contributed by atoms with van der Waals surface area (Å²) in [5.41, 5.74) is 2.85. The van der Waals surface area contributed by atoms with Crippen LogP contribution in [0, 0.1) is 11.3 Å². The van der Waals surface area contributed by atoms with Gasteiger partial charge in [0.15, 0.2) is 0 Å². The molecule has 1 unspecified atom stereocenters. The van der Waals surface area contributed by atoms with Crippen LogP contribution in [0.1, 0.15) is 39.0 Å². The van der Waals surface area contributed by atoms with Gasteiger partial charge in [0.05, 0.1) is 23.2 Å². The number of nitrogens with zero attached hydrogens (tertiary/aromatic N) is 5. The lowest BCUT2D eigenvalue weighted by Gasteiger charge is -2.23. The maximum absolute atomic E-state index is 7.62. The van der Waals surface area contributed by atoms with Crippen LogP contribution in [0.4, 0.5) is 0 Å². The third-order valence-corrected chi connectivity index (χ3v) is 5.14. The van der Waals surface area contributed by atoms with E-state index in [-0.39, 0.29) is 5.28 Å². The van der Waals surface area contributed by atoms with Gasteiger partial charge in [-0.1, -0.05) is 19.8 Å². The van der Waals surface area contributed by atoms with E-state index in [2.05, 4.69) is 40.2 Å². The van der Waals surface area contributed by atoms with E-state index in [1.807, 2.05) is 31.5 Å². The smallest absolute Gasteiger partial charge is 0.141 e. The fourth-order valence-electron chi connectivity index (χ4n) is 3.01. The summed E-state index contributed by atoms with van der Waals surface area (Å²) in [4.78, 5) is 11.8. The monoisotopic (exact) mass is 340 g/mol. The first-order valence-electron chi connectivity index (χ1n) is 8.17. The van der Waals surface area contributed by atoms with E-state index in [0.29, 0.717) is 6.42 Å². The van der Waals surface area contributed by atoms with E-state index < -0.39 is 0 Å². The Hall–Kier alpha value is -2.25. The lowest BCUT2D eigenvalue weighted by molar-refractivity contribution is 0.412. The van der Waals surface area contributed by atoms with Gasteiger partial charge in [0, 0.05) is 29.8 Å². The van der Waals surface area contributed by atoms with E-state index in [4.69, 9.17) is 5.26 Å². The highest BCUT2D eigenvalue weighted by molar-refractivity contribution is 7.18. The Bertz CT molecular complexity index is 853. The van der Waals surface area contributed by atoms with E-state index >= 15 is 0 Å². The molecular weight excluding hydrogens is 319 g/mol. The van der Waals surface area contributed by atoms with Crippen LogP contribution >= 0.6 is 9.24 Å². The van der Waals surface area contributed by atoms with Gasteiger partial charge < -0.3 is 4.98 Å². The van der Waals surface area contributed by atoms with Crippen molar-refractivity contribution in [2.24, 2.45) is 0 Å². The molecular formula is C17H21N6P. The topological polar surface area (TPSA) is 83.2 Å². The van der Waals surface area contributed by atoms with E-state index in [1.54, 1.807) is 6.33 Å². The number of H-pyrrole nitrogens is 1. The molecule has 1 atom stereocenters. The molecule has 4 rings (SSSR count). The Balaban J connectivity index is 0.000000383. The average molecular weight is 340 g/mol. The van der Waals surface area contributed by atoms with E-state index in [0.717, 1.165) is 22.3 Å². The standard InChI is InChI=1S/C14H16N5P.C3H5N/c20-14(4-1-2-5-14)19-8-10(7-18-19)12-11-3-6-15-13(11)17-9-16-12;1-2-3-4/h3,6-9H,1-2,4-5,20H2,(H,15,16,17);2H2,1H3. The fraction of sp³-hybridized carbons (Fsp3) is 0.412. The average Bonchev–Trinajstić information content (AvgIpc) is 3.34. The Labute approximate surface area is 143 Å². The summed E-state index contributed by atoms with van der Waals surface area (Å²) in [7, 11) is 2.98. The highest BCUT2D eigenvalue weighted by atomic mass is 31.0. The summed E-state index contributed by atoms with van der Waals surface area (Å²) in [5.74, 6) is 0. The van der Waals surface area contributed by atoms with Crippen LogP contribution in [-0.2, 0) is 5.28 Å². The molecule has 1 aliphatic carbocycles. The normalized spacial score (nSPS) is 15.7. The van der Waals surface area contributed by atoms with Crippen molar-refractivity contribution in [3.63, 3.8) is 0 Å². The Kier molecular flexibility index (Phi) is 4.92. The minimum absolute atomic E-state index is 0.0859. The van der Waals surface area contributed by atoms with Gasteiger partial charge in [0.25, 0.3) is 0 Å². The van der Waals surface area contributed by atoms with Crippen molar-refractivity contribution in [2.45, 2.75) is 44.3 Å². The van der Waals surface area contributed by atoms with Crippen LogP contribution in [0.5, 0.6) is 0 Å². The van der Waals surface area contributed by atoms with Gasteiger partial charge in [-0.25, -0.2) is 9.97 Å². The van der Waals surface area contributed by atoms with E-state index in [1.165, 1.54) is 25.7 Å². The quantitative estimate of drug-likeness (QED) is 0.718. The largest absolute Gasteiger partial charge is 0.346 e. The first-order valence-corrected chi connectivity index (χ1v) is 8.75. The molecule has 0 saturated heterocycles. The van der Waals surface area contributed by atoms with Crippen molar-refractivity contribution in [3.05, 3.63) is 31.0 Å². The second-order valence-corrected chi connectivity index (χ2v) is 7.03. The third-order valence-electron chi connectivity index (χ3n) is 4.29. The number of fused-ring (bicyclic) bond motifs is 1. The summed E-state index contributed by atoms with van der Waals surface area (Å²) < 4.78 is 2.08. The lowest BCUT2D eigenvalue weighted by Crippen LogP contribution is -2.22. The fourth-order valence-corrected chi connectivity index (χ4v) is 3.56. The maximum Gasteiger partial charge on any atom is 0.141 e. The number of rotatable bonds is 2. The van der Waals surface area contributed by atoms with Crippen molar-refractivity contribution in [1.29, 1.82) is 5.26 Å². The predicted molar refractivity (Wildman–Crippen MR) is 97.2 cm³/mol. The summed E-state index contributed by atoms with van der Waals surface area (Å²) >= 11 is 0. The summed E-state index contributed by atoms with van der Waals surface area (Å²) in [6, 6.07) is 3.94. The predicted octanol–water partition coefficient (Wildman–Crippen LogP) is 3.84. The van der Waals surface area contributed by atoms with Crippen LogP contribution in [0.2, 0.25) is 0 Å². The van der Waals surface area contributed by atoms with Crippen LogP contribution < -0.4 is 0 Å². The summed E-state index contributed by atoms with van der Waals surface area (Å²) in [6.45, 7) is 1.82. The van der Waals surface area contributed by atoms with E-state index in [9.17, 15) is 0 Å². The number of hydrogen-bond donors (Lipinski definition) is 1. The highest BCUT2D eigenvalue weighted by Crippen LogP contribution is 2.42. The molecule has 0 amide bonds. The van der Waals surface area contributed by atoms with Gasteiger partial charge in [0.1, 0.15) is 12.0 Å². The SMILES string of the molecule is CCC#N.PC1(n2cc(-c3ncnc4[nH]ccc34)cn2)CCCC1. The van der Waals surface area contributed by atoms with Crippen molar-refractivity contribution in [3.8, 4) is 17.3 Å². The lowest BCUT2D eigenvalue weighted by atomic mass is 10.2. The van der Waals surface area contributed by atoms with Crippen molar-refractivity contribution < 1.29 is 0 Å². The van der Waals surface area contributed by atoms with Crippen LogP contribution in [0.25, 0.3) is 22.3 Å². The molecule has 7 heteroatoms. The second-order valence-electron chi connectivity index (χ2n) is 5.96. The van der Waals surface area contributed by atoms with Gasteiger partial charge in [-0.3, -0.25) is 4.68 Å². The molecule has 124 valence electrons. The molecule has 0 aliphatic heterocycles. The summed E-state index contributed by atoms with van der Waals surface area (Å²) in [6.07, 6.45) is 13.0. The molecule has 1 N–H and O–H groups in total. The third kappa shape index (κ3) is 3.18. The molecule has 1 fully saturated rings. The number of aromatic nitrogens is 5. The number of aromatic amines is 1. The van der Waals surface area contributed by atoms with Crippen molar-refractivity contribution >= 4 is 20.3 Å².